The molecule has 0 saturated carbocycles. The maximum atomic E-state index is 4.25. The van der Waals surface area contributed by atoms with Crippen LogP contribution >= 0.6 is 24.8 Å². The van der Waals surface area contributed by atoms with E-state index in [4.69, 9.17) is 0 Å². The summed E-state index contributed by atoms with van der Waals surface area (Å²) in [6.45, 7) is 4.34. The van der Waals surface area contributed by atoms with Gasteiger partial charge in [-0.15, -0.1) is 24.8 Å². The van der Waals surface area contributed by atoms with Crippen LogP contribution in [0.5, 0.6) is 0 Å². The SMILES string of the molecule is CC1Cc2[nH]cnc2C(C)N1.Cl.Cl. The number of aromatic nitrogens is 2. The zero-order chi connectivity index (χ0) is 7.84. The molecule has 1 aromatic heterocycles. The summed E-state index contributed by atoms with van der Waals surface area (Å²) in [6.07, 6.45) is 2.85. The first kappa shape index (κ1) is 12.8. The van der Waals surface area contributed by atoms with E-state index in [0.717, 1.165) is 6.42 Å². The molecule has 76 valence electrons. The third kappa shape index (κ3) is 2.36. The molecule has 1 aliphatic heterocycles. The molecule has 0 amide bonds. The van der Waals surface area contributed by atoms with Gasteiger partial charge in [0.05, 0.1) is 12.0 Å². The largest absolute Gasteiger partial charge is 0.348 e. The van der Waals surface area contributed by atoms with Gasteiger partial charge in [0.25, 0.3) is 0 Å². The Labute approximate surface area is 90.5 Å². The van der Waals surface area contributed by atoms with E-state index in [9.17, 15) is 0 Å². The van der Waals surface area contributed by atoms with E-state index in [1.165, 1.54) is 11.4 Å². The summed E-state index contributed by atoms with van der Waals surface area (Å²) >= 11 is 0. The maximum absolute atomic E-state index is 4.25. The van der Waals surface area contributed by atoms with Gasteiger partial charge in [-0.1, -0.05) is 0 Å². The normalized spacial score (nSPS) is 25.4. The van der Waals surface area contributed by atoms with E-state index in [2.05, 4.69) is 29.1 Å². The Morgan fingerprint density at radius 1 is 1.38 bits per heavy atom. The van der Waals surface area contributed by atoms with Crippen LogP contribution < -0.4 is 5.32 Å². The molecule has 2 atom stereocenters. The van der Waals surface area contributed by atoms with Gasteiger partial charge in [0.1, 0.15) is 0 Å². The number of hydrogen-bond donors (Lipinski definition) is 2. The highest BCUT2D eigenvalue weighted by molar-refractivity contribution is 5.85. The lowest BCUT2D eigenvalue weighted by Gasteiger charge is -2.24. The van der Waals surface area contributed by atoms with Crippen molar-refractivity contribution in [3.8, 4) is 0 Å². The fourth-order valence-corrected chi connectivity index (χ4v) is 1.74. The van der Waals surface area contributed by atoms with E-state index in [1.54, 1.807) is 6.33 Å². The second kappa shape index (κ2) is 4.84. The van der Waals surface area contributed by atoms with Crippen molar-refractivity contribution in [1.82, 2.24) is 15.3 Å². The molecule has 2 rings (SSSR count). The molecule has 2 heterocycles. The molecular weight excluding hydrogens is 209 g/mol. The fraction of sp³-hybridized carbons (Fsp3) is 0.625. The van der Waals surface area contributed by atoms with Gasteiger partial charge in [0, 0.05) is 24.2 Å². The van der Waals surface area contributed by atoms with Crippen molar-refractivity contribution in [3.05, 3.63) is 17.7 Å². The summed E-state index contributed by atoms with van der Waals surface area (Å²) in [4.78, 5) is 7.42. The molecule has 3 nitrogen and oxygen atoms in total. The van der Waals surface area contributed by atoms with E-state index >= 15 is 0 Å². The number of nitrogens with one attached hydrogen (secondary N) is 2. The first-order chi connectivity index (χ1) is 5.27. The molecule has 13 heavy (non-hydrogen) atoms. The summed E-state index contributed by atoms with van der Waals surface area (Å²) < 4.78 is 0. The van der Waals surface area contributed by atoms with Crippen molar-refractivity contribution in [2.75, 3.05) is 0 Å². The first-order valence-corrected chi connectivity index (χ1v) is 4.05. The number of hydrogen-bond acceptors (Lipinski definition) is 2. The standard InChI is InChI=1S/C8H13N3.2ClH/c1-5-3-7-8(6(2)11-5)10-4-9-7;;/h4-6,11H,3H2,1-2H3,(H,9,10);2*1H. The predicted octanol–water partition coefficient (Wildman–Crippen LogP) is 1.85. The predicted molar refractivity (Wildman–Crippen MR) is 57.8 cm³/mol. The molecule has 0 bridgehead atoms. The summed E-state index contributed by atoms with van der Waals surface area (Å²) in [5, 5.41) is 3.44. The van der Waals surface area contributed by atoms with E-state index in [-0.39, 0.29) is 24.8 Å². The number of rotatable bonds is 0. The van der Waals surface area contributed by atoms with Crippen LogP contribution in [-0.4, -0.2) is 16.0 Å². The van der Waals surface area contributed by atoms with Gasteiger partial charge in [0.15, 0.2) is 0 Å². The van der Waals surface area contributed by atoms with Crippen molar-refractivity contribution in [1.29, 1.82) is 0 Å². The van der Waals surface area contributed by atoms with Crippen molar-refractivity contribution < 1.29 is 0 Å². The van der Waals surface area contributed by atoms with Crippen molar-refractivity contribution >= 4 is 24.8 Å². The monoisotopic (exact) mass is 223 g/mol. The molecule has 0 saturated heterocycles. The summed E-state index contributed by atoms with van der Waals surface area (Å²) in [5.74, 6) is 0. The Morgan fingerprint density at radius 2 is 2.08 bits per heavy atom. The molecule has 2 N–H and O–H groups in total. The van der Waals surface area contributed by atoms with Gasteiger partial charge in [-0.25, -0.2) is 4.98 Å². The minimum Gasteiger partial charge on any atom is -0.348 e. The van der Waals surface area contributed by atoms with Gasteiger partial charge in [-0.05, 0) is 13.8 Å². The maximum Gasteiger partial charge on any atom is 0.0925 e. The average Bonchev–Trinajstić information content (AvgIpc) is 2.34. The molecule has 1 aromatic rings. The lowest BCUT2D eigenvalue weighted by atomic mass is 10.0. The Kier molecular flexibility index (Phi) is 4.75. The third-order valence-electron chi connectivity index (χ3n) is 2.21. The number of fused-ring (bicyclic) bond motifs is 1. The summed E-state index contributed by atoms with van der Waals surface area (Å²) in [6, 6.07) is 0.970. The summed E-state index contributed by atoms with van der Waals surface area (Å²) in [7, 11) is 0. The molecule has 0 fully saturated rings. The Hall–Kier alpha value is -0.250. The van der Waals surface area contributed by atoms with Crippen molar-refractivity contribution in [2.45, 2.75) is 32.4 Å². The van der Waals surface area contributed by atoms with Crippen LogP contribution in [0.3, 0.4) is 0 Å². The van der Waals surface area contributed by atoms with Gasteiger partial charge < -0.3 is 10.3 Å². The number of imidazole rings is 1. The molecule has 0 radical (unpaired) electrons. The van der Waals surface area contributed by atoms with Crippen molar-refractivity contribution in [3.63, 3.8) is 0 Å². The van der Waals surface area contributed by atoms with Crippen LogP contribution in [0.2, 0.25) is 0 Å². The van der Waals surface area contributed by atoms with E-state index in [0.29, 0.717) is 12.1 Å². The van der Waals surface area contributed by atoms with Crippen LogP contribution in [0.1, 0.15) is 31.3 Å². The molecular formula is C8H15Cl2N3. The second-order valence-electron chi connectivity index (χ2n) is 3.26. The zero-order valence-electron chi connectivity index (χ0n) is 7.70. The van der Waals surface area contributed by atoms with Crippen LogP contribution in [0.25, 0.3) is 0 Å². The molecule has 1 aliphatic rings. The van der Waals surface area contributed by atoms with Gasteiger partial charge in [-0.2, -0.15) is 0 Å². The highest BCUT2D eigenvalue weighted by Crippen LogP contribution is 2.20. The number of nitrogens with zero attached hydrogens (tertiary/aromatic N) is 1. The molecule has 0 aromatic carbocycles. The lowest BCUT2D eigenvalue weighted by Crippen LogP contribution is -2.35. The van der Waals surface area contributed by atoms with Crippen molar-refractivity contribution in [2.24, 2.45) is 0 Å². The Morgan fingerprint density at radius 3 is 2.77 bits per heavy atom. The van der Waals surface area contributed by atoms with E-state index in [1.807, 2.05) is 0 Å². The van der Waals surface area contributed by atoms with Crippen LogP contribution in [-0.2, 0) is 6.42 Å². The Balaban J connectivity index is 0.000000720. The molecule has 5 heteroatoms. The first-order valence-electron chi connectivity index (χ1n) is 4.05. The van der Waals surface area contributed by atoms with Crippen LogP contribution in [0.4, 0.5) is 0 Å². The number of aromatic amines is 1. The Bertz CT molecular complexity index is 262. The van der Waals surface area contributed by atoms with Crippen LogP contribution in [0, 0.1) is 0 Å². The summed E-state index contributed by atoms with van der Waals surface area (Å²) in [5.41, 5.74) is 2.48. The smallest absolute Gasteiger partial charge is 0.0925 e. The molecule has 2 unspecified atom stereocenters. The van der Waals surface area contributed by atoms with Gasteiger partial charge in [0.2, 0.25) is 0 Å². The minimum absolute atomic E-state index is 0. The number of H-pyrrole nitrogens is 1. The topological polar surface area (TPSA) is 40.7 Å². The van der Waals surface area contributed by atoms with Gasteiger partial charge >= 0.3 is 0 Å². The molecule has 0 aliphatic carbocycles. The average molecular weight is 224 g/mol. The minimum atomic E-state index is 0. The quantitative estimate of drug-likeness (QED) is 0.706. The van der Waals surface area contributed by atoms with E-state index < -0.39 is 0 Å². The van der Waals surface area contributed by atoms with Gasteiger partial charge in [-0.3, -0.25) is 0 Å². The lowest BCUT2D eigenvalue weighted by molar-refractivity contribution is 0.436. The second-order valence-corrected chi connectivity index (χ2v) is 3.26. The number of halogens is 2. The third-order valence-corrected chi connectivity index (χ3v) is 2.21. The highest BCUT2D eigenvalue weighted by Gasteiger charge is 2.21. The fourth-order valence-electron chi connectivity index (χ4n) is 1.74. The van der Waals surface area contributed by atoms with Crippen LogP contribution in [0.15, 0.2) is 6.33 Å². The molecule has 0 spiro atoms. The highest BCUT2D eigenvalue weighted by atomic mass is 35.5. The zero-order valence-corrected chi connectivity index (χ0v) is 9.34.